The number of hydrogen-bond acceptors (Lipinski definition) is 5. The Morgan fingerprint density at radius 2 is 1.96 bits per heavy atom. The van der Waals surface area contributed by atoms with Gasteiger partial charge in [-0.15, -0.1) is 0 Å². The summed E-state index contributed by atoms with van der Waals surface area (Å²) in [4.78, 5) is 11.2. The largest absolute Gasteiger partial charge is 0.492 e. The Morgan fingerprint density at radius 3 is 2.70 bits per heavy atom. The molecule has 150 valence electrons. The number of rotatable bonds is 7. The standard InChI is InChI=1S/C21H31NO5/c1-2-24-20(23)22-12-15-25-19-9-7-17(8-10-19)16-18-6-3-4-11-21(18)26-13-5-14-27-21/h7-10,18H,2-6,11-16H2,1H3,(H,22,23). The molecule has 1 aromatic rings. The number of alkyl carbamates (subject to hydrolysis) is 1. The Labute approximate surface area is 161 Å². The van der Waals surface area contributed by atoms with Crippen molar-refractivity contribution in [3.63, 3.8) is 0 Å². The molecule has 3 rings (SSSR count). The maximum Gasteiger partial charge on any atom is 0.407 e. The molecule has 1 spiro atoms. The van der Waals surface area contributed by atoms with Crippen LogP contribution in [0.1, 0.15) is 44.6 Å². The van der Waals surface area contributed by atoms with E-state index in [2.05, 4.69) is 17.4 Å². The molecule has 1 saturated heterocycles. The Bertz CT molecular complexity index is 574. The zero-order valence-corrected chi connectivity index (χ0v) is 16.2. The van der Waals surface area contributed by atoms with E-state index in [4.69, 9.17) is 18.9 Å². The van der Waals surface area contributed by atoms with Crippen LogP contribution in [0, 0.1) is 5.92 Å². The zero-order valence-electron chi connectivity index (χ0n) is 16.2. The van der Waals surface area contributed by atoms with Crippen LogP contribution >= 0.6 is 0 Å². The van der Waals surface area contributed by atoms with E-state index in [9.17, 15) is 4.79 Å². The summed E-state index contributed by atoms with van der Waals surface area (Å²) in [5.74, 6) is 0.838. The summed E-state index contributed by atoms with van der Waals surface area (Å²) in [5.41, 5.74) is 1.27. The van der Waals surface area contributed by atoms with Crippen LogP contribution in [0.3, 0.4) is 0 Å². The first-order chi connectivity index (χ1) is 13.2. The summed E-state index contributed by atoms with van der Waals surface area (Å²) >= 11 is 0. The van der Waals surface area contributed by atoms with Gasteiger partial charge in [0.15, 0.2) is 5.79 Å². The van der Waals surface area contributed by atoms with Gasteiger partial charge in [-0.3, -0.25) is 0 Å². The lowest BCUT2D eigenvalue weighted by Crippen LogP contribution is -2.49. The van der Waals surface area contributed by atoms with Crippen LogP contribution in [0.15, 0.2) is 24.3 Å². The highest BCUT2D eigenvalue weighted by Gasteiger charge is 2.44. The lowest BCUT2D eigenvalue weighted by Gasteiger charge is -2.46. The Morgan fingerprint density at radius 1 is 1.19 bits per heavy atom. The van der Waals surface area contributed by atoms with E-state index in [0.29, 0.717) is 25.7 Å². The van der Waals surface area contributed by atoms with Crippen molar-refractivity contribution < 1.29 is 23.7 Å². The first-order valence-corrected chi connectivity index (χ1v) is 10.1. The van der Waals surface area contributed by atoms with E-state index in [-0.39, 0.29) is 5.79 Å². The average molecular weight is 377 g/mol. The molecule has 1 saturated carbocycles. The first kappa shape index (κ1) is 20.0. The van der Waals surface area contributed by atoms with E-state index in [1.807, 2.05) is 12.1 Å². The number of amides is 1. The molecule has 0 aromatic heterocycles. The smallest absolute Gasteiger partial charge is 0.407 e. The van der Waals surface area contributed by atoms with Crippen LogP contribution in [-0.4, -0.2) is 44.9 Å². The fourth-order valence-electron chi connectivity index (χ4n) is 3.92. The fourth-order valence-corrected chi connectivity index (χ4v) is 3.92. The number of nitrogens with one attached hydrogen (secondary N) is 1. The number of carbonyl (C=O) groups excluding carboxylic acids is 1. The van der Waals surface area contributed by atoms with E-state index in [1.54, 1.807) is 6.92 Å². The predicted octanol–water partition coefficient (Wildman–Crippen LogP) is 3.68. The molecule has 2 fully saturated rings. The third kappa shape index (κ3) is 5.59. The summed E-state index contributed by atoms with van der Waals surface area (Å²) in [6.07, 6.45) is 6.13. The molecular formula is C21H31NO5. The SMILES string of the molecule is CCOC(=O)NCCOc1ccc(CC2CCCCC23OCCCO3)cc1. The van der Waals surface area contributed by atoms with Crippen molar-refractivity contribution in [1.29, 1.82) is 0 Å². The van der Waals surface area contributed by atoms with Gasteiger partial charge in [-0.25, -0.2) is 4.79 Å². The van der Waals surface area contributed by atoms with Gasteiger partial charge in [-0.05, 0) is 50.3 Å². The van der Waals surface area contributed by atoms with Crippen LogP contribution in [0.2, 0.25) is 0 Å². The Balaban J connectivity index is 1.47. The molecule has 1 aliphatic heterocycles. The summed E-state index contributed by atoms with van der Waals surface area (Å²) < 4.78 is 22.7. The van der Waals surface area contributed by atoms with Gasteiger partial charge < -0.3 is 24.3 Å². The first-order valence-electron chi connectivity index (χ1n) is 10.1. The monoisotopic (exact) mass is 377 g/mol. The number of carbonyl (C=O) groups is 1. The van der Waals surface area contributed by atoms with Crippen molar-refractivity contribution in [3.8, 4) is 5.75 Å². The van der Waals surface area contributed by atoms with Crippen LogP contribution in [0.5, 0.6) is 5.75 Å². The third-order valence-electron chi connectivity index (χ3n) is 5.25. The molecule has 1 heterocycles. The van der Waals surface area contributed by atoms with Crippen molar-refractivity contribution in [1.82, 2.24) is 5.32 Å². The average Bonchev–Trinajstić information content (AvgIpc) is 2.69. The Hall–Kier alpha value is -1.79. The number of ether oxygens (including phenoxy) is 4. The van der Waals surface area contributed by atoms with Crippen molar-refractivity contribution in [2.24, 2.45) is 5.92 Å². The molecule has 1 atom stereocenters. The van der Waals surface area contributed by atoms with Gasteiger partial charge in [0.2, 0.25) is 0 Å². The highest BCUT2D eigenvalue weighted by molar-refractivity contribution is 5.66. The van der Waals surface area contributed by atoms with Crippen molar-refractivity contribution >= 4 is 6.09 Å². The van der Waals surface area contributed by atoms with Gasteiger partial charge >= 0.3 is 6.09 Å². The summed E-state index contributed by atoms with van der Waals surface area (Å²) in [6.45, 7) is 4.59. The molecule has 1 aliphatic carbocycles. The van der Waals surface area contributed by atoms with Gasteiger partial charge in [0.1, 0.15) is 12.4 Å². The molecule has 1 amide bonds. The molecule has 6 heteroatoms. The van der Waals surface area contributed by atoms with Crippen LogP contribution < -0.4 is 10.1 Å². The lowest BCUT2D eigenvalue weighted by atomic mass is 9.79. The molecule has 1 aromatic carbocycles. The summed E-state index contributed by atoms with van der Waals surface area (Å²) in [5, 5.41) is 2.64. The van der Waals surface area contributed by atoms with E-state index < -0.39 is 6.09 Å². The zero-order chi connectivity index (χ0) is 19.0. The molecule has 0 bridgehead atoms. The second-order valence-electron chi connectivity index (χ2n) is 7.15. The summed E-state index contributed by atoms with van der Waals surface area (Å²) in [7, 11) is 0. The molecule has 6 nitrogen and oxygen atoms in total. The molecule has 0 radical (unpaired) electrons. The van der Waals surface area contributed by atoms with Crippen molar-refractivity contribution in [2.45, 2.75) is 51.2 Å². The van der Waals surface area contributed by atoms with Gasteiger partial charge in [-0.1, -0.05) is 18.6 Å². The number of hydrogen-bond donors (Lipinski definition) is 1. The topological polar surface area (TPSA) is 66.0 Å². The highest BCUT2D eigenvalue weighted by Crippen LogP contribution is 2.41. The van der Waals surface area contributed by atoms with Crippen LogP contribution in [0.25, 0.3) is 0 Å². The molecule has 27 heavy (non-hydrogen) atoms. The van der Waals surface area contributed by atoms with E-state index in [1.165, 1.54) is 18.4 Å². The second kappa shape index (κ2) is 9.95. The highest BCUT2D eigenvalue weighted by atomic mass is 16.7. The normalized spacial score (nSPS) is 21.6. The van der Waals surface area contributed by atoms with Gasteiger partial charge in [0.25, 0.3) is 0 Å². The molecular weight excluding hydrogens is 346 g/mol. The van der Waals surface area contributed by atoms with Crippen LogP contribution in [-0.2, 0) is 20.6 Å². The molecule has 1 N–H and O–H groups in total. The third-order valence-corrected chi connectivity index (χ3v) is 5.25. The van der Waals surface area contributed by atoms with Crippen molar-refractivity contribution in [2.75, 3.05) is 33.0 Å². The quantitative estimate of drug-likeness (QED) is 0.735. The minimum Gasteiger partial charge on any atom is -0.492 e. The minimum absolute atomic E-state index is 0.368. The molecule has 2 aliphatic rings. The van der Waals surface area contributed by atoms with Crippen LogP contribution in [0.4, 0.5) is 4.79 Å². The van der Waals surface area contributed by atoms with E-state index >= 15 is 0 Å². The predicted molar refractivity (Wildman–Crippen MR) is 102 cm³/mol. The number of benzene rings is 1. The minimum atomic E-state index is -0.412. The van der Waals surface area contributed by atoms with Gasteiger partial charge in [0, 0.05) is 12.3 Å². The maximum atomic E-state index is 11.2. The van der Waals surface area contributed by atoms with Crippen molar-refractivity contribution in [3.05, 3.63) is 29.8 Å². The summed E-state index contributed by atoms with van der Waals surface area (Å²) in [6, 6.07) is 8.19. The fraction of sp³-hybridized carbons (Fsp3) is 0.667. The lowest BCUT2D eigenvalue weighted by molar-refractivity contribution is -0.305. The second-order valence-corrected chi connectivity index (χ2v) is 7.15. The molecule has 1 unspecified atom stereocenters. The maximum absolute atomic E-state index is 11.2. The van der Waals surface area contributed by atoms with Gasteiger partial charge in [-0.2, -0.15) is 0 Å². The Kier molecular flexibility index (Phi) is 7.35. The van der Waals surface area contributed by atoms with E-state index in [0.717, 1.165) is 44.6 Å². The van der Waals surface area contributed by atoms with Gasteiger partial charge in [0.05, 0.1) is 26.4 Å².